The summed E-state index contributed by atoms with van der Waals surface area (Å²) in [6.45, 7) is 0. The Morgan fingerprint density at radius 1 is 0.844 bits per heavy atom. The lowest BCUT2D eigenvalue weighted by Gasteiger charge is -2.02. The van der Waals surface area contributed by atoms with Gasteiger partial charge in [-0.1, -0.05) is 42.5 Å². The average Bonchev–Trinajstić information content (AvgIpc) is 2.82. The fraction of sp³-hybridized carbons (Fsp3) is 0.0400. The quantitative estimate of drug-likeness (QED) is 0.123. The van der Waals surface area contributed by atoms with Crippen LogP contribution in [-0.2, 0) is 4.79 Å². The number of allylic oxidation sites excluding steroid dienone is 1. The number of carbonyl (C=O) groups excluding carboxylic acids is 2. The van der Waals surface area contributed by atoms with Crippen LogP contribution in [0.5, 0.6) is 11.5 Å². The normalized spacial score (nSPS) is 10.9. The Morgan fingerprint density at radius 3 is 2.03 bits per heavy atom. The Bertz CT molecular complexity index is 1180. The van der Waals surface area contributed by atoms with Gasteiger partial charge in [-0.25, -0.2) is 4.79 Å². The predicted molar refractivity (Wildman–Crippen MR) is 121 cm³/mol. The molecule has 7 nitrogen and oxygen atoms in total. The molecule has 0 aromatic heterocycles. The van der Waals surface area contributed by atoms with Crippen molar-refractivity contribution in [1.29, 1.82) is 0 Å². The van der Waals surface area contributed by atoms with E-state index in [2.05, 4.69) is 0 Å². The Balaban J connectivity index is 1.57. The number of methoxy groups -OCH3 is 1. The van der Waals surface area contributed by atoms with E-state index in [1.807, 2.05) is 12.1 Å². The van der Waals surface area contributed by atoms with Gasteiger partial charge < -0.3 is 9.47 Å². The molecule has 0 N–H and O–H groups in total. The summed E-state index contributed by atoms with van der Waals surface area (Å²) in [5, 5.41) is 10.8. The zero-order valence-electron chi connectivity index (χ0n) is 17.1. The van der Waals surface area contributed by atoms with Crippen molar-refractivity contribution in [3.8, 4) is 11.5 Å². The summed E-state index contributed by atoms with van der Waals surface area (Å²) in [6, 6.07) is 19.3. The van der Waals surface area contributed by atoms with Crippen LogP contribution in [0.2, 0.25) is 0 Å². The molecule has 7 heteroatoms. The molecule has 160 valence electrons. The number of nitro benzene ring substituents is 1. The molecule has 0 fully saturated rings. The van der Waals surface area contributed by atoms with Gasteiger partial charge in [0, 0.05) is 23.8 Å². The average molecular weight is 429 g/mol. The Morgan fingerprint density at radius 2 is 1.44 bits per heavy atom. The first-order valence-corrected chi connectivity index (χ1v) is 9.55. The topological polar surface area (TPSA) is 95.7 Å². The van der Waals surface area contributed by atoms with Crippen molar-refractivity contribution in [3.05, 3.63) is 112 Å². The standard InChI is InChI=1S/C25H19NO6/c1-31-22-11-5-19(6-12-22)10-16-25(28)32-23-13-7-18(8-14-23)9-15-24(27)20-3-2-4-21(17-20)26(29)30/h2-17H,1H3/b15-9+,16-10+. The molecule has 0 amide bonds. The third-order valence-electron chi connectivity index (χ3n) is 4.39. The van der Waals surface area contributed by atoms with Crippen LogP contribution in [0.15, 0.2) is 84.9 Å². The van der Waals surface area contributed by atoms with Gasteiger partial charge >= 0.3 is 5.97 Å². The summed E-state index contributed by atoms with van der Waals surface area (Å²) >= 11 is 0. The third-order valence-corrected chi connectivity index (χ3v) is 4.39. The molecule has 0 aliphatic rings. The first-order chi connectivity index (χ1) is 15.4. The Hall–Kier alpha value is -4.52. The lowest BCUT2D eigenvalue weighted by molar-refractivity contribution is -0.384. The van der Waals surface area contributed by atoms with Crippen molar-refractivity contribution >= 4 is 29.6 Å². The molecular formula is C25H19NO6. The van der Waals surface area contributed by atoms with Crippen molar-refractivity contribution < 1.29 is 24.0 Å². The van der Waals surface area contributed by atoms with E-state index in [1.54, 1.807) is 55.7 Å². The molecule has 0 unspecified atom stereocenters. The van der Waals surface area contributed by atoms with Crippen LogP contribution < -0.4 is 9.47 Å². The van der Waals surface area contributed by atoms with Gasteiger partial charge in [-0.15, -0.1) is 0 Å². The van der Waals surface area contributed by atoms with Crippen LogP contribution in [0, 0.1) is 10.1 Å². The van der Waals surface area contributed by atoms with Crippen molar-refractivity contribution in [3.63, 3.8) is 0 Å². The second kappa shape index (κ2) is 10.5. The molecule has 32 heavy (non-hydrogen) atoms. The molecule has 0 radical (unpaired) electrons. The minimum Gasteiger partial charge on any atom is -0.497 e. The lowest BCUT2D eigenvalue weighted by atomic mass is 10.1. The van der Waals surface area contributed by atoms with Crippen molar-refractivity contribution in [2.75, 3.05) is 7.11 Å². The van der Waals surface area contributed by atoms with Gasteiger partial charge in [0.1, 0.15) is 11.5 Å². The zero-order chi connectivity index (χ0) is 22.9. The van der Waals surface area contributed by atoms with Crippen molar-refractivity contribution in [2.45, 2.75) is 0 Å². The van der Waals surface area contributed by atoms with E-state index < -0.39 is 10.9 Å². The number of benzene rings is 3. The maximum atomic E-state index is 12.2. The van der Waals surface area contributed by atoms with Crippen LogP contribution in [0.1, 0.15) is 21.5 Å². The number of rotatable bonds is 8. The van der Waals surface area contributed by atoms with Crippen LogP contribution in [0.3, 0.4) is 0 Å². The second-order valence-corrected chi connectivity index (χ2v) is 6.60. The van der Waals surface area contributed by atoms with E-state index in [0.717, 1.165) is 11.3 Å². The Kier molecular flexibility index (Phi) is 7.27. The third kappa shape index (κ3) is 6.24. The van der Waals surface area contributed by atoms with Crippen LogP contribution in [0.4, 0.5) is 5.69 Å². The number of esters is 1. The predicted octanol–water partition coefficient (Wildman–Crippen LogP) is 5.12. The highest BCUT2D eigenvalue weighted by Crippen LogP contribution is 2.17. The van der Waals surface area contributed by atoms with Gasteiger partial charge in [-0.3, -0.25) is 14.9 Å². The van der Waals surface area contributed by atoms with E-state index in [-0.39, 0.29) is 17.0 Å². The monoisotopic (exact) mass is 429 g/mol. The largest absolute Gasteiger partial charge is 0.497 e. The maximum Gasteiger partial charge on any atom is 0.336 e. The molecule has 0 saturated carbocycles. The highest BCUT2D eigenvalue weighted by Gasteiger charge is 2.09. The zero-order valence-corrected chi connectivity index (χ0v) is 17.1. The fourth-order valence-electron chi connectivity index (χ4n) is 2.72. The first-order valence-electron chi connectivity index (χ1n) is 9.55. The second-order valence-electron chi connectivity index (χ2n) is 6.60. The minimum atomic E-state index is -0.549. The number of nitro groups is 1. The SMILES string of the molecule is COc1ccc(/C=C/C(=O)Oc2ccc(/C=C/C(=O)c3cccc([N+](=O)[O-])c3)cc2)cc1. The highest BCUT2D eigenvalue weighted by molar-refractivity contribution is 6.07. The first kappa shape index (κ1) is 22.2. The van der Waals surface area contributed by atoms with Gasteiger partial charge in [0.25, 0.3) is 5.69 Å². The van der Waals surface area contributed by atoms with E-state index in [0.29, 0.717) is 11.3 Å². The molecule has 0 aliphatic carbocycles. The van der Waals surface area contributed by atoms with E-state index >= 15 is 0 Å². The van der Waals surface area contributed by atoms with Gasteiger partial charge in [-0.05, 0) is 47.5 Å². The molecule has 3 rings (SSSR count). The Labute approximate surface area is 184 Å². The van der Waals surface area contributed by atoms with Crippen LogP contribution in [-0.4, -0.2) is 23.8 Å². The molecule has 3 aromatic rings. The summed E-state index contributed by atoms with van der Waals surface area (Å²) < 4.78 is 10.3. The van der Waals surface area contributed by atoms with Gasteiger partial charge in [0.05, 0.1) is 12.0 Å². The van der Waals surface area contributed by atoms with E-state index in [1.165, 1.54) is 36.4 Å². The van der Waals surface area contributed by atoms with Gasteiger partial charge in [0.15, 0.2) is 5.78 Å². The number of carbonyl (C=O) groups is 2. The molecule has 0 heterocycles. The number of ether oxygens (including phenoxy) is 2. The minimum absolute atomic E-state index is 0.142. The van der Waals surface area contributed by atoms with Gasteiger partial charge in [-0.2, -0.15) is 0 Å². The maximum absolute atomic E-state index is 12.2. The number of non-ortho nitro benzene ring substituents is 1. The highest BCUT2D eigenvalue weighted by atomic mass is 16.6. The summed E-state index contributed by atoms with van der Waals surface area (Å²) in [7, 11) is 1.58. The fourth-order valence-corrected chi connectivity index (χ4v) is 2.72. The number of hydrogen-bond donors (Lipinski definition) is 0. The van der Waals surface area contributed by atoms with Crippen LogP contribution >= 0.6 is 0 Å². The molecule has 3 aromatic carbocycles. The number of hydrogen-bond acceptors (Lipinski definition) is 6. The smallest absolute Gasteiger partial charge is 0.336 e. The lowest BCUT2D eigenvalue weighted by Crippen LogP contribution is -2.03. The van der Waals surface area contributed by atoms with Crippen molar-refractivity contribution in [1.82, 2.24) is 0 Å². The molecular weight excluding hydrogens is 410 g/mol. The molecule has 0 aliphatic heterocycles. The number of nitrogens with zero attached hydrogens (tertiary/aromatic N) is 1. The number of ketones is 1. The summed E-state index contributed by atoms with van der Waals surface area (Å²) in [5.74, 6) is 0.208. The molecule has 0 saturated heterocycles. The summed E-state index contributed by atoms with van der Waals surface area (Å²) in [5.41, 5.74) is 1.62. The summed E-state index contributed by atoms with van der Waals surface area (Å²) in [4.78, 5) is 34.5. The molecule has 0 bridgehead atoms. The van der Waals surface area contributed by atoms with Crippen LogP contribution in [0.25, 0.3) is 12.2 Å². The van der Waals surface area contributed by atoms with Crippen molar-refractivity contribution in [2.24, 2.45) is 0 Å². The van der Waals surface area contributed by atoms with Gasteiger partial charge in [0.2, 0.25) is 0 Å². The molecule has 0 atom stereocenters. The van der Waals surface area contributed by atoms with E-state index in [4.69, 9.17) is 9.47 Å². The van der Waals surface area contributed by atoms with E-state index in [9.17, 15) is 19.7 Å². The summed E-state index contributed by atoms with van der Waals surface area (Å²) in [6.07, 6.45) is 5.87. The molecule has 0 spiro atoms.